The number of anilines is 1. The number of rotatable bonds is 10. The second-order valence-electron chi connectivity index (χ2n) is 12.1. The topological polar surface area (TPSA) is 101 Å². The molecule has 2 aliphatic rings. The number of esters is 1. The lowest BCUT2D eigenvalue weighted by molar-refractivity contribution is -0.134. The molecule has 1 saturated heterocycles. The minimum Gasteiger partial charge on any atom is -0.466 e. The van der Waals surface area contributed by atoms with Crippen LogP contribution in [0.25, 0.3) is 18.2 Å². The van der Waals surface area contributed by atoms with Crippen LogP contribution < -0.4 is 15.8 Å². The highest BCUT2D eigenvalue weighted by Gasteiger charge is 2.25. The average molecular weight is 624 g/mol. The van der Waals surface area contributed by atoms with Crippen molar-refractivity contribution in [3.63, 3.8) is 0 Å². The maximum absolute atomic E-state index is 13.9. The van der Waals surface area contributed by atoms with Gasteiger partial charge in [0.25, 0.3) is 11.5 Å². The van der Waals surface area contributed by atoms with Crippen molar-refractivity contribution in [2.24, 2.45) is 0 Å². The molecule has 2 heterocycles. The third-order valence-electron chi connectivity index (χ3n) is 9.23. The lowest BCUT2D eigenvalue weighted by atomic mass is 9.88. The molecule has 3 aromatic rings. The molecule has 1 fully saturated rings. The van der Waals surface area contributed by atoms with E-state index in [1.165, 1.54) is 18.7 Å². The van der Waals surface area contributed by atoms with Gasteiger partial charge in [-0.05, 0) is 111 Å². The number of nitrogens with one attached hydrogen (secondary N) is 2. The summed E-state index contributed by atoms with van der Waals surface area (Å²) in [5.74, 6) is -0.589. The fourth-order valence-corrected chi connectivity index (χ4v) is 6.68. The molecule has 2 N–H and O–H groups in total. The number of aromatic nitrogens is 1. The third-order valence-corrected chi connectivity index (χ3v) is 9.23. The van der Waals surface area contributed by atoms with E-state index >= 15 is 0 Å². The summed E-state index contributed by atoms with van der Waals surface area (Å²) < 4.78 is 10.3. The molecule has 2 aromatic carbocycles. The van der Waals surface area contributed by atoms with Gasteiger partial charge >= 0.3 is 5.97 Å². The van der Waals surface area contributed by atoms with E-state index in [0.29, 0.717) is 17.2 Å². The zero-order valence-electron chi connectivity index (χ0n) is 27.4. The maximum Gasteiger partial charge on any atom is 0.330 e. The lowest BCUT2D eigenvalue weighted by Crippen LogP contribution is -2.40. The number of methoxy groups -OCH3 is 1. The molecule has 0 spiro atoms. The van der Waals surface area contributed by atoms with Gasteiger partial charge in [-0.25, -0.2) is 4.79 Å². The number of benzene rings is 2. The predicted octanol–water partition coefficient (Wildman–Crippen LogP) is 6.16. The summed E-state index contributed by atoms with van der Waals surface area (Å²) in [7, 11) is 1.35. The van der Waals surface area contributed by atoms with E-state index in [1.54, 1.807) is 6.08 Å². The van der Waals surface area contributed by atoms with Crippen LogP contribution >= 0.6 is 0 Å². The van der Waals surface area contributed by atoms with Crippen molar-refractivity contribution in [1.29, 1.82) is 0 Å². The molecule has 0 radical (unpaired) electrons. The van der Waals surface area contributed by atoms with Gasteiger partial charge in [-0.2, -0.15) is 0 Å². The SMILES string of the molecule is CCN(c1cc(/C=C/c2ccc(/C=C/C(=O)OC)cc2)cc(C(=O)NCc2c3c(c(C)[nH]c2=O)CCCC3)c1C)C1CCOCC1. The molecular weight excluding hydrogens is 578 g/mol. The molecule has 5 rings (SSSR count). The van der Waals surface area contributed by atoms with Gasteiger partial charge in [-0.1, -0.05) is 36.4 Å². The number of aromatic amines is 1. The molecule has 242 valence electrons. The van der Waals surface area contributed by atoms with Crippen molar-refractivity contribution >= 4 is 35.8 Å². The zero-order chi connectivity index (χ0) is 32.6. The Morgan fingerprint density at radius 2 is 1.63 bits per heavy atom. The number of amides is 1. The number of H-pyrrole nitrogens is 1. The highest BCUT2D eigenvalue weighted by molar-refractivity contribution is 5.98. The quantitative estimate of drug-likeness (QED) is 0.159. The fourth-order valence-electron chi connectivity index (χ4n) is 6.68. The largest absolute Gasteiger partial charge is 0.466 e. The first-order chi connectivity index (χ1) is 22.3. The van der Waals surface area contributed by atoms with Crippen LogP contribution in [0, 0.1) is 13.8 Å². The van der Waals surface area contributed by atoms with E-state index in [1.807, 2.05) is 56.3 Å². The molecule has 1 aliphatic heterocycles. The third kappa shape index (κ3) is 7.68. The minimum atomic E-state index is -0.397. The van der Waals surface area contributed by atoms with Crippen LogP contribution in [-0.2, 0) is 33.7 Å². The van der Waals surface area contributed by atoms with Crippen molar-refractivity contribution in [1.82, 2.24) is 10.3 Å². The van der Waals surface area contributed by atoms with Crippen LogP contribution in [-0.4, -0.2) is 49.8 Å². The lowest BCUT2D eigenvalue weighted by Gasteiger charge is -2.36. The van der Waals surface area contributed by atoms with Gasteiger partial charge in [-0.3, -0.25) is 9.59 Å². The van der Waals surface area contributed by atoms with Gasteiger partial charge < -0.3 is 24.7 Å². The first-order valence-electron chi connectivity index (χ1n) is 16.3. The van der Waals surface area contributed by atoms with Crippen LogP contribution in [0.3, 0.4) is 0 Å². The summed E-state index contributed by atoms with van der Waals surface area (Å²) in [6.45, 7) is 8.60. The first kappa shape index (κ1) is 32.9. The summed E-state index contributed by atoms with van der Waals surface area (Å²) in [4.78, 5) is 43.7. The fraction of sp³-hybridized carbons (Fsp3) is 0.395. The molecule has 8 heteroatoms. The molecular formula is C38H45N3O5. The summed E-state index contributed by atoms with van der Waals surface area (Å²) >= 11 is 0. The van der Waals surface area contributed by atoms with E-state index in [-0.39, 0.29) is 18.0 Å². The number of hydrogen-bond acceptors (Lipinski definition) is 6. The number of pyridine rings is 1. The first-order valence-corrected chi connectivity index (χ1v) is 16.3. The van der Waals surface area contributed by atoms with Gasteiger partial charge in [-0.15, -0.1) is 0 Å². The molecule has 1 aromatic heterocycles. The molecule has 0 atom stereocenters. The normalized spacial score (nSPS) is 15.2. The van der Waals surface area contributed by atoms with E-state index in [0.717, 1.165) is 97.5 Å². The Labute approximate surface area is 271 Å². The number of hydrogen-bond donors (Lipinski definition) is 2. The van der Waals surface area contributed by atoms with Gasteiger partial charge in [0, 0.05) is 60.9 Å². The molecule has 46 heavy (non-hydrogen) atoms. The van der Waals surface area contributed by atoms with Crippen LogP contribution in [0.4, 0.5) is 5.69 Å². The van der Waals surface area contributed by atoms with E-state index in [4.69, 9.17) is 4.74 Å². The number of nitrogens with zero attached hydrogens (tertiary/aromatic N) is 1. The van der Waals surface area contributed by atoms with Crippen LogP contribution in [0.1, 0.15) is 87.6 Å². The van der Waals surface area contributed by atoms with Gasteiger partial charge in [0.15, 0.2) is 0 Å². The summed E-state index contributed by atoms with van der Waals surface area (Å²) in [6.07, 6.45) is 13.0. The zero-order valence-corrected chi connectivity index (χ0v) is 27.4. The molecule has 0 saturated carbocycles. The number of carbonyl (C=O) groups excluding carboxylic acids is 2. The van der Waals surface area contributed by atoms with Gasteiger partial charge in [0.05, 0.1) is 7.11 Å². The second-order valence-corrected chi connectivity index (χ2v) is 12.1. The van der Waals surface area contributed by atoms with E-state index in [9.17, 15) is 14.4 Å². The van der Waals surface area contributed by atoms with E-state index < -0.39 is 5.97 Å². The van der Waals surface area contributed by atoms with Crippen molar-refractivity contribution < 1.29 is 19.1 Å². The smallest absolute Gasteiger partial charge is 0.330 e. The van der Waals surface area contributed by atoms with Crippen molar-refractivity contribution in [3.8, 4) is 0 Å². The number of aryl methyl sites for hydroxylation is 1. The second kappa shape index (κ2) is 15.2. The standard InChI is InChI=1S/C38H45N3O5/c1-5-41(30-18-20-46-21-19-30)35-23-29(15-14-27-10-12-28(13-11-27)16-17-36(42)45-4)22-33(25(35)2)37(43)39-24-34-32-9-7-6-8-31(32)26(3)40-38(34)44/h10-17,22-23,30H,5-9,18-21,24H2,1-4H3,(H,39,43)(H,40,44)/b15-14+,17-16+. The Morgan fingerprint density at radius 3 is 2.30 bits per heavy atom. The number of ether oxygens (including phenoxy) is 2. The predicted molar refractivity (Wildman–Crippen MR) is 184 cm³/mol. The molecule has 0 bridgehead atoms. The number of carbonyl (C=O) groups is 2. The van der Waals surface area contributed by atoms with Gasteiger partial charge in [0.1, 0.15) is 0 Å². The molecule has 8 nitrogen and oxygen atoms in total. The maximum atomic E-state index is 13.9. The Hall–Kier alpha value is -4.43. The molecule has 0 unspecified atom stereocenters. The number of fused-ring (bicyclic) bond motifs is 1. The Bertz CT molecular complexity index is 1680. The Balaban J connectivity index is 1.45. The van der Waals surface area contributed by atoms with Crippen LogP contribution in [0.5, 0.6) is 0 Å². The average Bonchev–Trinajstić information content (AvgIpc) is 3.08. The molecule has 1 amide bonds. The van der Waals surface area contributed by atoms with Crippen LogP contribution in [0.15, 0.2) is 47.3 Å². The Morgan fingerprint density at radius 1 is 0.978 bits per heavy atom. The van der Waals surface area contributed by atoms with Crippen molar-refractivity contribution in [2.45, 2.75) is 71.9 Å². The molecule has 1 aliphatic carbocycles. The summed E-state index contributed by atoms with van der Waals surface area (Å²) in [6, 6.07) is 12.3. The highest BCUT2D eigenvalue weighted by atomic mass is 16.5. The van der Waals surface area contributed by atoms with Crippen LogP contribution in [0.2, 0.25) is 0 Å². The highest BCUT2D eigenvalue weighted by Crippen LogP contribution is 2.31. The van der Waals surface area contributed by atoms with Gasteiger partial charge in [0.2, 0.25) is 0 Å². The summed E-state index contributed by atoms with van der Waals surface area (Å²) in [5.41, 5.74) is 9.18. The summed E-state index contributed by atoms with van der Waals surface area (Å²) in [5, 5.41) is 3.10. The van der Waals surface area contributed by atoms with Crippen molar-refractivity contribution in [3.05, 3.63) is 103 Å². The van der Waals surface area contributed by atoms with E-state index in [2.05, 4.69) is 32.9 Å². The minimum absolute atomic E-state index is 0.115. The van der Waals surface area contributed by atoms with Crippen molar-refractivity contribution in [2.75, 3.05) is 31.8 Å². The Kier molecular flexibility index (Phi) is 10.9. The monoisotopic (exact) mass is 623 g/mol.